The van der Waals surface area contributed by atoms with Crippen LogP contribution >= 0.6 is 0 Å². The number of carbonyl (C=O) groups excluding carboxylic acids is 2. The van der Waals surface area contributed by atoms with E-state index in [9.17, 15) is 45.3 Å². The summed E-state index contributed by atoms with van der Waals surface area (Å²) in [4.78, 5) is 26.0. The van der Waals surface area contributed by atoms with Crippen molar-refractivity contribution in [3.63, 3.8) is 0 Å². The number of rotatable bonds is 2. The molecule has 3 rings (SSSR count). The molecule has 0 saturated heterocycles. The maximum Gasteiger partial charge on any atom is 0.342 e. The molecular formula is C22H24O13. The molecule has 1 heterocycles. The molecule has 1 aliphatic rings. The molecule has 0 bridgehead atoms. The van der Waals surface area contributed by atoms with Crippen molar-refractivity contribution in [1.29, 1.82) is 0 Å². The number of carbonyl (C=O) groups is 2. The third-order valence-corrected chi connectivity index (χ3v) is 5.59. The van der Waals surface area contributed by atoms with E-state index < -0.39 is 98.9 Å². The zero-order valence-electron chi connectivity index (χ0n) is 19.0. The average molecular weight is 496 g/mol. The number of aliphatic hydroxyl groups excluding tert-OH is 2. The van der Waals surface area contributed by atoms with E-state index in [2.05, 4.69) is 0 Å². The number of ether oxygens (including phenoxy) is 4. The van der Waals surface area contributed by atoms with Gasteiger partial charge in [0.15, 0.2) is 23.0 Å². The molecule has 0 spiro atoms. The Balaban J connectivity index is 2.30. The number of phenolic OH excluding ortho intramolecular Hbond substituents is 5. The molecule has 0 amide bonds. The normalized spacial score (nSPS) is 22.6. The van der Waals surface area contributed by atoms with Crippen LogP contribution < -0.4 is 9.47 Å². The van der Waals surface area contributed by atoms with Gasteiger partial charge in [-0.2, -0.15) is 0 Å². The van der Waals surface area contributed by atoms with Crippen LogP contribution in [0, 0.1) is 0 Å². The van der Waals surface area contributed by atoms with E-state index >= 15 is 0 Å². The van der Waals surface area contributed by atoms with Crippen molar-refractivity contribution in [2.45, 2.75) is 38.3 Å². The molecule has 0 radical (unpaired) electrons. The molecule has 13 heteroatoms. The summed E-state index contributed by atoms with van der Waals surface area (Å²) in [5.74, 6) is -8.50. The quantitative estimate of drug-likeness (QED) is 0.176. The van der Waals surface area contributed by atoms with Crippen molar-refractivity contribution in [3.05, 3.63) is 28.3 Å². The highest BCUT2D eigenvalue weighted by molar-refractivity contribution is 5.98. The van der Waals surface area contributed by atoms with Crippen molar-refractivity contribution in [2.24, 2.45) is 0 Å². The largest absolute Gasteiger partial charge is 0.504 e. The topological polar surface area (TPSA) is 213 Å². The number of benzene rings is 2. The third-order valence-electron chi connectivity index (χ3n) is 5.59. The van der Waals surface area contributed by atoms with Gasteiger partial charge in [0.05, 0.1) is 14.2 Å². The maximum atomic E-state index is 13.0. The number of cyclic esters (lactones) is 2. The first-order valence-corrected chi connectivity index (χ1v) is 10.1. The molecule has 0 aromatic heterocycles. The van der Waals surface area contributed by atoms with Crippen LogP contribution in [0.3, 0.4) is 0 Å². The van der Waals surface area contributed by atoms with Gasteiger partial charge in [-0.15, -0.1) is 0 Å². The van der Waals surface area contributed by atoms with Gasteiger partial charge < -0.3 is 54.7 Å². The lowest BCUT2D eigenvalue weighted by molar-refractivity contribution is -0.0220. The Hall–Kier alpha value is -4.10. The van der Waals surface area contributed by atoms with Crippen LogP contribution in [0.1, 0.15) is 57.9 Å². The predicted molar refractivity (Wildman–Crippen MR) is 114 cm³/mol. The van der Waals surface area contributed by atoms with Crippen molar-refractivity contribution in [2.75, 3.05) is 14.2 Å². The van der Waals surface area contributed by atoms with Crippen LogP contribution in [-0.4, -0.2) is 74.1 Å². The summed E-state index contributed by atoms with van der Waals surface area (Å²) in [5, 5.41) is 73.6. The maximum absolute atomic E-state index is 13.0. The third kappa shape index (κ3) is 4.04. The van der Waals surface area contributed by atoms with E-state index in [4.69, 9.17) is 18.9 Å². The number of hydrogen-bond acceptors (Lipinski definition) is 13. The summed E-state index contributed by atoms with van der Waals surface area (Å²) in [7, 11) is 2.13. The molecule has 13 nitrogen and oxygen atoms in total. The molecule has 4 unspecified atom stereocenters. The van der Waals surface area contributed by atoms with Gasteiger partial charge in [-0.25, -0.2) is 9.59 Å². The number of fused-ring (bicyclic) bond motifs is 2. The fourth-order valence-electron chi connectivity index (χ4n) is 3.77. The molecule has 0 aliphatic carbocycles. The molecule has 35 heavy (non-hydrogen) atoms. The van der Waals surface area contributed by atoms with E-state index in [1.165, 1.54) is 6.92 Å². The number of esters is 2. The Bertz CT molecular complexity index is 1190. The Morgan fingerprint density at radius 1 is 0.714 bits per heavy atom. The molecule has 2 aromatic carbocycles. The Morgan fingerprint density at radius 2 is 1.20 bits per heavy atom. The van der Waals surface area contributed by atoms with Gasteiger partial charge in [-0.1, -0.05) is 0 Å². The van der Waals surface area contributed by atoms with E-state index in [1.54, 1.807) is 0 Å². The second kappa shape index (κ2) is 9.27. The van der Waals surface area contributed by atoms with Gasteiger partial charge in [0.2, 0.25) is 17.2 Å². The molecule has 0 fully saturated rings. The van der Waals surface area contributed by atoms with Crippen LogP contribution in [0.5, 0.6) is 40.2 Å². The molecule has 190 valence electrons. The first kappa shape index (κ1) is 25.5. The molecule has 0 saturated carbocycles. The molecule has 4 atom stereocenters. The summed E-state index contributed by atoms with van der Waals surface area (Å²) >= 11 is 0. The van der Waals surface area contributed by atoms with Gasteiger partial charge in [0, 0.05) is 11.1 Å². The lowest BCUT2D eigenvalue weighted by atomic mass is 9.94. The standard InChI is InChI=1S/C22H24O13/c1-6-13(24)8-5-9(23)19(32-3)16(27)10(8)21(30)35-7(2)14(25)11-12(22(31)34-6)17(28)20(33-4)18(29)15(11)26/h5-7,13-14,23-29H,1-4H3. The zero-order chi connectivity index (χ0) is 26.4. The fraction of sp³-hybridized carbons (Fsp3) is 0.364. The zero-order valence-corrected chi connectivity index (χ0v) is 19.0. The number of hydrogen-bond donors (Lipinski definition) is 7. The Kier molecular flexibility index (Phi) is 6.76. The highest BCUT2D eigenvalue weighted by Gasteiger charge is 2.39. The Labute approximate surface area is 197 Å². The number of aromatic hydroxyl groups is 5. The lowest BCUT2D eigenvalue weighted by Gasteiger charge is -2.28. The van der Waals surface area contributed by atoms with Crippen LogP contribution in [0.15, 0.2) is 6.07 Å². The SMILES string of the molecule is COc1c(O)cc2c(c1O)C(=O)OC(C)C(O)c1c(O)c(O)c(OC)c(O)c1C(=O)OC(C)C2O. The van der Waals surface area contributed by atoms with Crippen LogP contribution in [-0.2, 0) is 9.47 Å². The van der Waals surface area contributed by atoms with E-state index in [0.29, 0.717) is 0 Å². The van der Waals surface area contributed by atoms with E-state index in [-0.39, 0.29) is 0 Å². The molecule has 1 aliphatic heterocycles. The Morgan fingerprint density at radius 3 is 1.74 bits per heavy atom. The minimum absolute atomic E-state index is 0.399. The first-order valence-electron chi connectivity index (χ1n) is 10.1. The second-order valence-corrected chi connectivity index (χ2v) is 7.72. The first-order chi connectivity index (χ1) is 16.4. The van der Waals surface area contributed by atoms with Gasteiger partial charge in [0.1, 0.15) is 35.5 Å². The summed E-state index contributed by atoms with van der Waals surface area (Å²) in [6, 6.07) is 0.898. The van der Waals surface area contributed by atoms with E-state index in [0.717, 1.165) is 27.2 Å². The van der Waals surface area contributed by atoms with Crippen molar-refractivity contribution in [3.8, 4) is 40.2 Å². The average Bonchev–Trinajstić information content (AvgIpc) is 2.79. The predicted octanol–water partition coefficient (Wildman–Crippen LogP) is 1.10. The highest BCUT2D eigenvalue weighted by atomic mass is 16.6. The monoisotopic (exact) mass is 496 g/mol. The van der Waals surface area contributed by atoms with Crippen molar-refractivity contribution < 1.29 is 64.3 Å². The molecule has 2 aromatic rings. The smallest absolute Gasteiger partial charge is 0.342 e. The van der Waals surface area contributed by atoms with Crippen molar-refractivity contribution >= 4 is 11.9 Å². The van der Waals surface area contributed by atoms with Crippen LogP contribution in [0.2, 0.25) is 0 Å². The lowest BCUT2D eigenvalue weighted by Crippen LogP contribution is -2.30. The van der Waals surface area contributed by atoms with E-state index in [1.807, 2.05) is 0 Å². The summed E-state index contributed by atoms with van der Waals surface area (Å²) in [6.45, 7) is 2.34. The number of aliphatic hydroxyl groups is 2. The second-order valence-electron chi connectivity index (χ2n) is 7.72. The summed E-state index contributed by atoms with van der Waals surface area (Å²) in [6.07, 6.45) is -6.92. The van der Waals surface area contributed by atoms with Crippen LogP contribution in [0.25, 0.3) is 0 Å². The number of phenols is 5. The van der Waals surface area contributed by atoms with Gasteiger partial charge >= 0.3 is 11.9 Å². The molecular weight excluding hydrogens is 472 g/mol. The minimum atomic E-state index is -2.02. The minimum Gasteiger partial charge on any atom is -0.504 e. The van der Waals surface area contributed by atoms with Crippen molar-refractivity contribution in [1.82, 2.24) is 0 Å². The molecule has 7 N–H and O–H groups in total. The summed E-state index contributed by atoms with van der Waals surface area (Å²) in [5.41, 5.74) is -2.63. The van der Waals surface area contributed by atoms with Gasteiger partial charge in [-0.05, 0) is 19.9 Å². The summed E-state index contributed by atoms with van der Waals surface area (Å²) < 4.78 is 20.1. The number of methoxy groups -OCH3 is 2. The van der Waals surface area contributed by atoms with Gasteiger partial charge in [-0.3, -0.25) is 0 Å². The van der Waals surface area contributed by atoms with Gasteiger partial charge in [0.25, 0.3) is 0 Å². The highest BCUT2D eigenvalue weighted by Crippen LogP contribution is 2.51. The van der Waals surface area contributed by atoms with Crippen LogP contribution in [0.4, 0.5) is 0 Å². The fourth-order valence-corrected chi connectivity index (χ4v) is 3.77.